The van der Waals surface area contributed by atoms with Crippen LogP contribution in [0.5, 0.6) is 0 Å². The third-order valence-electron chi connectivity index (χ3n) is 2.82. The Labute approximate surface area is 117 Å². The highest BCUT2D eigenvalue weighted by Gasteiger charge is 2.24. The first-order chi connectivity index (χ1) is 9.54. The average Bonchev–Trinajstić information content (AvgIpc) is 2.87. The zero-order valence-corrected chi connectivity index (χ0v) is 11.2. The van der Waals surface area contributed by atoms with Crippen molar-refractivity contribution in [2.45, 2.75) is 24.2 Å². The second-order valence-corrected chi connectivity index (χ2v) is 5.20. The second kappa shape index (κ2) is 6.06. The molecule has 0 radical (unpaired) electrons. The van der Waals surface area contributed by atoms with Crippen molar-refractivity contribution in [3.63, 3.8) is 0 Å². The molecule has 1 amide bonds. The van der Waals surface area contributed by atoms with E-state index in [-0.39, 0.29) is 18.6 Å². The van der Waals surface area contributed by atoms with Gasteiger partial charge in [0.25, 0.3) is 11.5 Å². The topological polar surface area (TPSA) is 122 Å². The number of carbonyl (C=O) groups is 2. The minimum atomic E-state index is -1.27. The van der Waals surface area contributed by atoms with Gasteiger partial charge >= 0.3 is 5.97 Å². The Hall–Kier alpha value is -1.87. The van der Waals surface area contributed by atoms with Crippen LogP contribution < -0.4 is 10.9 Å². The molecule has 9 heteroatoms. The molecule has 1 aliphatic rings. The van der Waals surface area contributed by atoms with Gasteiger partial charge in [-0.05, 0) is 0 Å². The van der Waals surface area contributed by atoms with Gasteiger partial charge in [0.1, 0.15) is 11.6 Å². The van der Waals surface area contributed by atoms with Gasteiger partial charge in [-0.3, -0.25) is 14.2 Å². The largest absolute Gasteiger partial charge is 0.480 e. The highest BCUT2D eigenvalue weighted by Crippen LogP contribution is 2.20. The van der Waals surface area contributed by atoms with E-state index in [9.17, 15) is 14.4 Å². The lowest BCUT2D eigenvalue weighted by atomic mass is 10.2. The fourth-order valence-electron chi connectivity index (χ4n) is 1.80. The van der Waals surface area contributed by atoms with Crippen LogP contribution in [-0.4, -0.2) is 50.0 Å². The number of fused-ring (bicyclic) bond motifs is 1. The maximum atomic E-state index is 12.1. The van der Waals surface area contributed by atoms with Crippen molar-refractivity contribution in [3.8, 4) is 0 Å². The standard InChI is InChI=1S/C11H13N3O5S/c15-3-1-7(10(18)19)13-8(16)6-5-12-11-14(9(6)17)2-4-20-11/h5,7,15H,1-4H2,(H,13,16)(H,18,19)/t7-/m1/s1. The minimum Gasteiger partial charge on any atom is -0.480 e. The van der Waals surface area contributed by atoms with Crippen molar-refractivity contribution in [3.05, 3.63) is 22.1 Å². The Kier molecular flexibility index (Phi) is 4.40. The predicted molar refractivity (Wildman–Crippen MR) is 69.8 cm³/mol. The maximum Gasteiger partial charge on any atom is 0.326 e. The monoisotopic (exact) mass is 299 g/mol. The molecule has 3 N–H and O–H groups in total. The molecule has 0 aromatic carbocycles. The van der Waals surface area contributed by atoms with Crippen LogP contribution in [0, 0.1) is 0 Å². The molecule has 0 spiro atoms. The molecule has 1 aromatic rings. The van der Waals surface area contributed by atoms with Crippen LogP contribution in [-0.2, 0) is 11.3 Å². The number of aliphatic carboxylic acids is 1. The number of amides is 1. The number of aliphatic hydroxyl groups is 1. The Morgan fingerprint density at radius 2 is 2.30 bits per heavy atom. The number of hydrogen-bond acceptors (Lipinski definition) is 6. The van der Waals surface area contributed by atoms with Crippen molar-refractivity contribution in [2.24, 2.45) is 0 Å². The molecule has 108 valence electrons. The quantitative estimate of drug-likeness (QED) is 0.591. The van der Waals surface area contributed by atoms with Crippen LogP contribution in [0.4, 0.5) is 0 Å². The van der Waals surface area contributed by atoms with Crippen LogP contribution in [0.15, 0.2) is 16.1 Å². The SMILES string of the molecule is O=C(N[C@H](CCO)C(=O)O)c1cnc2n(c1=O)CCS2. The summed E-state index contributed by atoms with van der Waals surface area (Å²) in [5, 5.41) is 20.4. The van der Waals surface area contributed by atoms with E-state index in [1.807, 2.05) is 0 Å². The lowest BCUT2D eigenvalue weighted by Crippen LogP contribution is -2.43. The summed E-state index contributed by atoms with van der Waals surface area (Å²) in [5.41, 5.74) is -0.675. The number of aromatic nitrogens is 2. The van der Waals surface area contributed by atoms with Gasteiger partial charge in [-0.15, -0.1) is 0 Å². The van der Waals surface area contributed by atoms with Crippen LogP contribution >= 0.6 is 11.8 Å². The van der Waals surface area contributed by atoms with Crippen LogP contribution in [0.25, 0.3) is 0 Å². The number of nitrogens with zero attached hydrogens (tertiary/aromatic N) is 2. The summed E-state index contributed by atoms with van der Waals surface area (Å²) in [6, 6.07) is -1.24. The molecule has 8 nitrogen and oxygen atoms in total. The van der Waals surface area contributed by atoms with E-state index >= 15 is 0 Å². The van der Waals surface area contributed by atoms with Crippen molar-refractivity contribution < 1.29 is 19.8 Å². The number of carbonyl (C=O) groups excluding carboxylic acids is 1. The third-order valence-corrected chi connectivity index (χ3v) is 3.79. The Morgan fingerprint density at radius 1 is 1.55 bits per heavy atom. The summed E-state index contributed by atoms with van der Waals surface area (Å²) < 4.78 is 1.39. The molecule has 0 bridgehead atoms. The lowest BCUT2D eigenvalue weighted by Gasteiger charge is -2.13. The average molecular weight is 299 g/mol. The molecular formula is C11H13N3O5S. The summed E-state index contributed by atoms with van der Waals surface area (Å²) >= 11 is 1.42. The van der Waals surface area contributed by atoms with E-state index in [2.05, 4.69) is 10.3 Å². The third kappa shape index (κ3) is 2.83. The fraction of sp³-hybridized carbons (Fsp3) is 0.455. The van der Waals surface area contributed by atoms with Gasteiger partial charge in [0.05, 0.1) is 0 Å². The van der Waals surface area contributed by atoms with Crippen LogP contribution in [0.1, 0.15) is 16.8 Å². The summed E-state index contributed by atoms with van der Waals surface area (Å²) in [6.45, 7) is 0.0985. The van der Waals surface area contributed by atoms with E-state index in [0.717, 1.165) is 11.9 Å². The maximum absolute atomic E-state index is 12.1. The normalized spacial score (nSPS) is 14.7. The summed E-state index contributed by atoms with van der Waals surface area (Å²) in [4.78, 5) is 38.9. The first-order valence-corrected chi connectivity index (χ1v) is 6.90. The molecule has 2 rings (SSSR count). The van der Waals surface area contributed by atoms with Gasteiger partial charge in [0.15, 0.2) is 5.16 Å². The lowest BCUT2D eigenvalue weighted by molar-refractivity contribution is -0.139. The molecule has 0 aliphatic carbocycles. The molecule has 0 unspecified atom stereocenters. The summed E-state index contributed by atoms with van der Waals surface area (Å²) in [6.07, 6.45) is 1.02. The molecule has 2 heterocycles. The zero-order valence-electron chi connectivity index (χ0n) is 10.4. The van der Waals surface area contributed by atoms with E-state index in [4.69, 9.17) is 10.2 Å². The number of aliphatic hydroxyl groups excluding tert-OH is 1. The van der Waals surface area contributed by atoms with Gasteiger partial charge in [-0.1, -0.05) is 11.8 Å². The highest BCUT2D eigenvalue weighted by molar-refractivity contribution is 7.99. The Balaban J connectivity index is 2.22. The number of hydrogen-bond donors (Lipinski definition) is 3. The molecule has 1 aliphatic heterocycles. The summed E-state index contributed by atoms with van der Waals surface area (Å²) in [5.74, 6) is -1.34. The number of nitrogens with one attached hydrogen (secondary N) is 1. The molecule has 0 saturated heterocycles. The number of thioether (sulfide) groups is 1. The molecule has 0 saturated carbocycles. The smallest absolute Gasteiger partial charge is 0.326 e. The van der Waals surface area contributed by atoms with Crippen LogP contribution in [0.2, 0.25) is 0 Å². The van der Waals surface area contributed by atoms with E-state index in [1.165, 1.54) is 16.3 Å². The summed E-state index contributed by atoms with van der Waals surface area (Å²) in [7, 11) is 0. The minimum absolute atomic E-state index is 0.128. The Morgan fingerprint density at radius 3 is 2.95 bits per heavy atom. The van der Waals surface area contributed by atoms with E-state index < -0.39 is 23.5 Å². The molecule has 1 aromatic heterocycles. The Bertz CT molecular complexity index is 600. The van der Waals surface area contributed by atoms with Crippen molar-refractivity contribution >= 4 is 23.6 Å². The second-order valence-electron chi connectivity index (χ2n) is 4.14. The molecule has 20 heavy (non-hydrogen) atoms. The van der Waals surface area contributed by atoms with Crippen LogP contribution in [0.3, 0.4) is 0 Å². The predicted octanol–water partition coefficient (Wildman–Crippen LogP) is -1.09. The number of carboxylic acid groups (broad SMARTS) is 1. The van der Waals surface area contributed by atoms with Crippen molar-refractivity contribution in [2.75, 3.05) is 12.4 Å². The number of rotatable bonds is 5. The zero-order chi connectivity index (χ0) is 14.7. The molecule has 0 fully saturated rings. The van der Waals surface area contributed by atoms with Gasteiger partial charge in [-0.2, -0.15) is 0 Å². The van der Waals surface area contributed by atoms with Gasteiger partial charge in [0, 0.05) is 31.5 Å². The first-order valence-electron chi connectivity index (χ1n) is 5.91. The van der Waals surface area contributed by atoms with E-state index in [0.29, 0.717) is 11.7 Å². The van der Waals surface area contributed by atoms with Crippen molar-refractivity contribution in [1.82, 2.24) is 14.9 Å². The fourth-order valence-corrected chi connectivity index (χ4v) is 2.71. The van der Waals surface area contributed by atoms with Gasteiger partial charge < -0.3 is 15.5 Å². The first kappa shape index (κ1) is 14.5. The molecular weight excluding hydrogens is 286 g/mol. The number of carboxylic acids is 1. The van der Waals surface area contributed by atoms with Gasteiger partial charge in [0.2, 0.25) is 0 Å². The highest BCUT2D eigenvalue weighted by atomic mass is 32.2. The molecule has 1 atom stereocenters. The van der Waals surface area contributed by atoms with Gasteiger partial charge in [-0.25, -0.2) is 9.78 Å². The van der Waals surface area contributed by atoms with E-state index in [1.54, 1.807) is 0 Å². The van der Waals surface area contributed by atoms with Crippen molar-refractivity contribution in [1.29, 1.82) is 0 Å².